The monoisotopic (exact) mass is 302 g/mol. The molecule has 0 saturated carbocycles. The molecule has 1 N–H and O–H groups in total. The Hall–Kier alpha value is -1.21. The van der Waals surface area contributed by atoms with Gasteiger partial charge in [0.15, 0.2) is 5.82 Å². The Morgan fingerprint density at radius 3 is 2.72 bits per heavy atom. The quantitative estimate of drug-likeness (QED) is 0.697. The van der Waals surface area contributed by atoms with E-state index in [9.17, 15) is 8.76 Å². The van der Waals surface area contributed by atoms with Crippen molar-refractivity contribution in [3.63, 3.8) is 0 Å². The third kappa shape index (κ3) is 2.97. The second-order valence-corrected chi connectivity index (χ2v) is 4.85. The Morgan fingerprint density at radius 1 is 1.28 bits per heavy atom. The van der Waals surface area contributed by atoms with Gasteiger partial charge in [0.25, 0.3) is 0 Å². The van der Waals surface area contributed by atoms with Gasteiger partial charge >= 0.3 is 0 Å². The number of hydrogen-bond donors (Lipinski definition) is 1. The molecule has 2 rings (SSSR count). The topological polar surface area (TPSA) is 77.9 Å². The van der Waals surface area contributed by atoms with Crippen LogP contribution in [0.25, 0.3) is 0 Å². The van der Waals surface area contributed by atoms with E-state index < -0.39 is 11.1 Å². The molecule has 0 radical (unpaired) electrons. The lowest BCUT2D eigenvalue weighted by Gasteiger charge is -2.13. The van der Waals surface area contributed by atoms with Gasteiger partial charge in [0.1, 0.15) is 5.02 Å². The van der Waals surface area contributed by atoms with E-state index >= 15 is 0 Å². The highest BCUT2D eigenvalue weighted by atomic mass is 35.5. The first-order valence-electron chi connectivity index (χ1n) is 4.71. The molecular weight excluding hydrogens is 297 g/mol. The van der Waals surface area contributed by atoms with Crippen LogP contribution in [0, 0.1) is 0 Å². The molecule has 1 unspecified atom stereocenters. The molecule has 0 aliphatic carbocycles. The van der Waals surface area contributed by atoms with Crippen molar-refractivity contribution in [2.45, 2.75) is 4.90 Å². The fraction of sp³-hybridized carbons (Fsp3) is 0. The van der Waals surface area contributed by atoms with E-state index in [0.717, 1.165) is 0 Å². The summed E-state index contributed by atoms with van der Waals surface area (Å²) in [5.74, 6) is 0.245. The van der Waals surface area contributed by atoms with Crippen LogP contribution in [-0.2, 0) is 11.1 Å². The molecule has 1 atom stereocenters. The molecule has 18 heavy (non-hydrogen) atoms. The van der Waals surface area contributed by atoms with Crippen molar-refractivity contribution in [2.75, 3.05) is 5.32 Å². The Kier molecular flexibility index (Phi) is 4.13. The van der Waals surface area contributed by atoms with Gasteiger partial charge in [-0.05, 0) is 34.8 Å². The second-order valence-electron chi connectivity index (χ2n) is 3.19. The average molecular weight is 303 g/mol. The standard InChI is InChI=1S/C10H7Cl2N3O2S/c11-6-5-13-10(12)15-9(6)14-7-3-1-2-4-8(7)18(16)17/h1-5H,(H,16,17)(H,13,14,15)/p-1. The highest BCUT2D eigenvalue weighted by molar-refractivity contribution is 7.79. The molecule has 0 amide bonds. The number of nitrogens with one attached hydrogen (secondary N) is 1. The van der Waals surface area contributed by atoms with Gasteiger partial charge in [0.05, 0.1) is 11.9 Å². The molecule has 8 heteroatoms. The van der Waals surface area contributed by atoms with E-state index in [1.165, 1.54) is 12.3 Å². The number of nitrogens with zero attached hydrogens (tertiary/aromatic N) is 2. The van der Waals surface area contributed by atoms with E-state index in [1.807, 2.05) is 0 Å². The maximum absolute atomic E-state index is 11.0. The number of hydrogen-bond acceptors (Lipinski definition) is 5. The van der Waals surface area contributed by atoms with E-state index in [-0.39, 0.29) is 21.0 Å². The van der Waals surface area contributed by atoms with Crippen LogP contribution in [0.1, 0.15) is 0 Å². The zero-order chi connectivity index (χ0) is 13.1. The Balaban J connectivity index is 2.40. The predicted molar refractivity (Wildman–Crippen MR) is 69.0 cm³/mol. The number of para-hydroxylation sites is 1. The maximum Gasteiger partial charge on any atom is 0.224 e. The maximum atomic E-state index is 11.0. The summed E-state index contributed by atoms with van der Waals surface area (Å²) in [6.07, 6.45) is 1.33. The van der Waals surface area contributed by atoms with Crippen LogP contribution in [0.15, 0.2) is 35.4 Å². The summed E-state index contributed by atoms with van der Waals surface area (Å²) >= 11 is 9.16. The van der Waals surface area contributed by atoms with Gasteiger partial charge in [-0.25, -0.2) is 4.98 Å². The summed E-state index contributed by atoms with van der Waals surface area (Å²) in [5.41, 5.74) is 0.363. The molecule has 0 spiro atoms. The van der Waals surface area contributed by atoms with Gasteiger partial charge in [0.2, 0.25) is 5.28 Å². The fourth-order valence-corrected chi connectivity index (χ4v) is 2.04. The van der Waals surface area contributed by atoms with Crippen LogP contribution in [0.5, 0.6) is 0 Å². The van der Waals surface area contributed by atoms with Crippen molar-refractivity contribution in [1.29, 1.82) is 0 Å². The molecule has 1 aromatic heterocycles. The molecule has 1 heterocycles. The number of rotatable bonds is 3. The first-order valence-corrected chi connectivity index (χ1v) is 6.54. The van der Waals surface area contributed by atoms with Crippen molar-refractivity contribution >= 4 is 45.8 Å². The van der Waals surface area contributed by atoms with Crippen molar-refractivity contribution in [3.8, 4) is 0 Å². The lowest BCUT2D eigenvalue weighted by Crippen LogP contribution is -2.00. The van der Waals surface area contributed by atoms with Gasteiger partial charge < -0.3 is 9.87 Å². The van der Waals surface area contributed by atoms with Gasteiger partial charge in [0, 0.05) is 4.90 Å². The van der Waals surface area contributed by atoms with E-state index in [0.29, 0.717) is 5.69 Å². The molecule has 1 aromatic carbocycles. The molecule has 2 aromatic rings. The first kappa shape index (κ1) is 13.2. The summed E-state index contributed by atoms with van der Waals surface area (Å²) in [4.78, 5) is 7.69. The normalized spacial score (nSPS) is 12.2. The average Bonchev–Trinajstić information content (AvgIpc) is 2.34. The van der Waals surface area contributed by atoms with Crippen LogP contribution in [0.2, 0.25) is 10.3 Å². The molecule has 0 bridgehead atoms. The summed E-state index contributed by atoms with van der Waals surface area (Å²) in [6, 6.07) is 6.36. The van der Waals surface area contributed by atoms with Gasteiger partial charge in [-0.2, -0.15) is 4.98 Å². The molecule has 0 aliphatic heterocycles. The van der Waals surface area contributed by atoms with Crippen LogP contribution >= 0.6 is 23.2 Å². The Morgan fingerprint density at radius 2 is 2.00 bits per heavy atom. The lowest BCUT2D eigenvalue weighted by atomic mass is 10.3. The minimum Gasteiger partial charge on any atom is -0.768 e. The van der Waals surface area contributed by atoms with Crippen molar-refractivity contribution in [2.24, 2.45) is 0 Å². The van der Waals surface area contributed by atoms with Crippen LogP contribution in [-0.4, -0.2) is 18.7 Å². The number of benzene rings is 1. The Labute approximate surface area is 115 Å². The van der Waals surface area contributed by atoms with Gasteiger partial charge in [-0.1, -0.05) is 23.7 Å². The van der Waals surface area contributed by atoms with E-state index in [1.54, 1.807) is 18.2 Å². The SMILES string of the molecule is O=S([O-])c1ccccc1Nc1nc(Cl)ncc1Cl. The summed E-state index contributed by atoms with van der Waals surface area (Å²) in [6.45, 7) is 0. The summed E-state index contributed by atoms with van der Waals surface area (Å²) in [7, 11) is 0. The van der Waals surface area contributed by atoms with Crippen LogP contribution in [0.3, 0.4) is 0 Å². The van der Waals surface area contributed by atoms with E-state index in [4.69, 9.17) is 23.2 Å². The van der Waals surface area contributed by atoms with E-state index in [2.05, 4.69) is 15.3 Å². The van der Waals surface area contributed by atoms with Crippen molar-refractivity contribution in [1.82, 2.24) is 9.97 Å². The number of aromatic nitrogens is 2. The third-order valence-corrected chi connectivity index (χ3v) is 3.21. The molecule has 0 saturated heterocycles. The number of anilines is 2. The molecule has 94 valence electrons. The lowest BCUT2D eigenvalue weighted by molar-refractivity contribution is 0.537. The first-order chi connectivity index (χ1) is 8.58. The molecule has 5 nitrogen and oxygen atoms in total. The number of halogens is 2. The third-order valence-electron chi connectivity index (χ3n) is 2.03. The van der Waals surface area contributed by atoms with Gasteiger partial charge in [-0.3, -0.25) is 4.21 Å². The zero-order valence-corrected chi connectivity index (χ0v) is 11.1. The highest BCUT2D eigenvalue weighted by Gasteiger charge is 2.07. The van der Waals surface area contributed by atoms with Crippen molar-refractivity contribution in [3.05, 3.63) is 40.8 Å². The largest absolute Gasteiger partial charge is 0.768 e. The predicted octanol–water partition coefficient (Wildman–Crippen LogP) is 2.77. The highest BCUT2D eigenvalue weighted by Crippen LogP contribution is 2.26. The minimum absolute atomic E-state index is 0.0163. The molecular formula is C10H6Cl2N3O2S-. The molecule has 0 aliphatic rings. The second kappa shape index (κ2) is 5.62. The minimum atomic E-state index is -2.36. The van der Waals surface area contributed by atoms with Crippen LogP contribution < -0.4 is 5.32 Å². The zero-order valence-electron chi connectivity index (χ0n) is 8.76. The van der Waals surface area contributed by atoms with Gasteiger partial charge in [-0.15, -0.1) is 0 Å². The summed E-state index contributed by atoms with van der Waals surface area (Å²) < 4.78 is 22.1. The van der Waals surface area contributed by atoms with Crippen LogP contribution in [0.4, 0.5) is 11.5 Å². The van der Waals surface area contributed by atoms with Crippen molar-refractivity contribution < 1.29 is 8.76 Å². The molecule has 0 fully saturated rings. The Bertz CT molecular complexity index is 609. The fourth-order valence-electron chi connectivity index (χ4n) is 1.28. The smallest absolute Gasteiger partial charge is 0.224 e. The summed E-state index contributed by atoms with van der Waals surface area (Å²) in [5, 5.41) is 3.06.